The maximum Gasteiger partial charge on any atom is 0.311 e. The Morgan fingerprint density at radius 2 is 1.84 bits per heavy atom. The molecule has 2 heterocycles. The number of nitrogens with one attached hydrogen (secondary N) is 2. The van der Waals surface area contributed by atoms with Gasteiger partial charge in [0.15, 0.2) is 12.4 Å². The van der Waals surface area contributed by atoms with Crippen molar-refractivity contribution in [2.75, 3.05) is 32.7 Å². The molecular weight excluding hydrogens is 424 g/mol. The van der Waals surface area contributed by atoms with Crippen LogP contribution in [0.15, 0.2) is 28.8 Å². The van der Waals surface area contributed by atoms with E-state index >= 15 is 0 Å². The van der Waals surface area contributed by atoms with Crippen LogP contribution in [0.4, 0.5) is 5.82 Å². The van der Waals surface area contributed by atoms with E-state index in [1.165, 1.54) is 32.4 Å². The fourth-order valence-corrected chi connectivity index (χ4v) is 2.96. The molecule has 0 saturated carbocycles. The van der Waals surface area contributed by atoms with Crippen LogP contribution >= 0.6 is 0 Å². The van der Waals surface area contributed by atoms with Crippen LogP contribution in [0.2, 0.25) is 0 Å². The van der Waals surface area contributed by atoms with Crippen LogP contribution in [0.5, 0.6) is 11.5 Å². The van der Waals surface area contributed by atoms with Crippen molar-refractivity contribution in [2.24, 2.45) is 5.92 Å². The highest BCUT2D eigenvalue weighted by Crippen LogP contribution is 2.23. The highest BCUT2D eigenvalue weighted by molar-refractivity contribution is 5.97. The Morgan fingerprint density at radius 3 is 2.44 bits per heavy atom. The first-order valence-corrected chi connectivity index (χ1v) is 9.53. The summed E-state index contributed by atoms with van der Waals surface area (Å²) < 4.78 is 20.1. The first-order chi connectivity index (χ1) is 15.3. The van der Waals surface area contributed by atoms with Crippen molar-refractivity contribution in [1.29, 1.82) is 0 Å². The van der Waals surface area contributed by atoms with Gasteiger partial charge in [-0.2, -0.15) is 0 Å². The van der Waals surface area contributed by atoms with Gasteiger partial charge in [-0.3, -0.25) is 29.6 Å². The largest absolute Gasteiger partial charge is 0.497 e. The standard InChI is InChI=1S/C20H22N4O8/c1-11-4-16(23-32-11)21-17(25)10-31-20(28)13-7-18(26)24(9-13)22-19(27)12-5-14(29-2)8-15(6-12)30-3/h4-6,8,13H,7,9-10H2,1-3H3,(H,22,27)(H,21,23,25)/t13-/m0/s1. The van der Waals surface area contributed by atoms with E-state index in [9.17, 15) is 19.2 Å². The van der Waals surface area contributed by atoms with Gasteiger partial charge in [0.2, 0.25) is 5.91 Å². The zero-order chi connectivity index (χ0) is 23.3. The summed E-state index contributed by atoms with van der Waals surface area (Å²) in [6, 6.07) is 6.08. The Morgan fingerprint density at radius 1 is 1.16 bits per heavy atom. The molecule has 0 bridgehead atoms. The quantitative estimate of drug-likeness (QED) is 0.558. The Kier molecular flexibility index (Phi) is 6.93. The number of hydrogen-bond acceptors (Lipinski definition) is 9. The van der Waals surface area contributed by atoms with Crippen LogP contribution in [0.1, 0.15) is 22.5 Å². The first kappa shape index (κ1) is 22.6. The van der Waals surface area contributed by atoms with Crippen molar-refractivity contribution in [3.05, 3.63) is 35.6 Å². The Bertz CT molecular complexity index is 1010. The molecule has 2 aromatic rings. The predicted molar refractivity (Wildman–Crippen MR) is 108 cm³/mol. The van der Waals surface area contributed by atoms with E-state index < -0.39 is 36.2 Å². The molecule has 1 aliphatic heterocycles. The summed E-state index contributed by atoms with van der Waals surface area (Å²) in [6.07, 6.45) is -0.162. The minimum atomic E-state index is -0.829. The molecule has 1 saturated heterocycles. The molecule has 32 heavy (non-hydrogen) atoms. The van der Waals surface area contributed by atoms with Gasteiger partial charge in [-0.1, -0.05) is 5.16 Å². The summed E-state index contributed by atoms with van der Waals surface area (Å²) in [7, 11) is 2.90. The lowest BCUT2D eigenvalue weighted by Crippen LogP contribution is -2.43. The second-order valence-corrected chi connectivity index (χ2v) is 6.93. The molecule has 1 fully saturated rings. The van der Waals surface area contributed by atoms with Crippen LogP contribution in [-0.4, -0.2) is 61.2 Å². The van der Waals surface area contributed by atoms with Gasteiger partial charge >= 0.3 is 5.97 Å². The smallest absolute Gasteiger partial charge is 0.311 e. The monoisotopic (exact) mass is 446 g/mol. The SMILES string of the molecule is COc1cc(OC)cc(C(=O)NN2C[C@@H](C(=O)OCC(=O)Nc3cc(C)on3)CC2=O)c1. The van der Waals surface area contributed by atoms with E-state index in [4.69, 9.17) is 18.7 Å². The predicted octanol–water partition coefficient (Wildman–Crippen LogP) is 0.675. The zero-order valence-electron chi connectivity index (χ0n) is 17.7. The molecule has 12 nitrogen and oxygen atoms in total. The van der Waals surface area contributed by atoms with Gasteiger partial charge in [-0.05, 0) is 19.1 Å². The summed E-state index contributed by atoms with van der Waals surface area (Å²) in [6.45, 7) is 1.02. The van der Waals surface area contributed by atoms with E-state index in [1.807, 2.05) is 0 Å². The number of amides is 3. The molecule has 12 heteroatoms. The van der Waals surface area contributed by atoms with Crippen molar-refractivity contribution in [3.8, 4) is 11.5 Å². The molecule has 0 unspecified atom stereocenters. The first-order valence-electron chi connectivity index (χ1n) is 9.53. The molecule has 1 aromatic heterocycles. The second-order valence-electron chi connectivity index (χ2n) is 6.93. The van der Waals surface area contributed by atoms with E-state index in [0.29, 0.717) is 17.3 Å². The van der Waals surface area contributed by atoms with Gasteiger partial charge in [-0.25, -0.2) is 0 Å². The number of esters is 1. The highest BCUT2D eigenvalue weighted by atomic mass is 16.5. The highest BCUT2D eigenvalue weighted by Gasteiger charge is 2.36. The number of aromatic nitrogens is 1. The lowest BCUT2D eigenvalue weighted by atomic mass is 10.1. The minimum absolute atomic E-state index is 0.0887. The molecule has 1 aromatic carbocycles. The zero-order valence-corrected chi connectivity index (χ0v) is 17.7. The fourth-order valence-electron chi connectivity index (χ4n) is 2.96. The summed E-state index contributed by atoms with van der Waals surface area (Å²) in [5, 5.41) is 7.05. The number of carbonyl (C=O) groups excluding carboxylic acids is 4. The number of nitrogens with zero attached hydrogens (tertiary/aromatic N) is 2. The molecule has 0 spiro atoms. The number of anilines is 1. The summed E-state index contributed by atoms with van der Waals surface area (Å²) in [4.78, 5) is 48.9. The number of hydrazine groups is 1. The topological polar surface area (TPSA) is 149 Å². The van der Waals surface area contributed by atoms with Crippen molar-refractivity contribution in [3.63, 3.8) is 0 Å². The molecule has 1 atom stereocenters. The molecule has 170 valence electrons. The van der Waals surface area contributed by atoms with Crippen molar-refractivity contribution < 1.29 is 37.9 Å². The number of ether oxygens (including phenoxy) is 3. The van der Waals surface area contributed by atoms with E-state index in [2.05, 4.69) is 15.9 Å². The second kappa shape index (κ2) is 9.81. The number of carbonyl (C=O) groups is 4. The maximum absolute atomic E-state index is 12.6. The average Bonchev–Trinajstić information content (AvgIpc) is 3.36. The molecule has 3 amide bonds. The number of benzene rings is 1. The third-order valence-electron chi connectivity index (χ3n) is 4.55. The van der Waals surface area contributed by atoms with Gasteiger partial charge < -0.3 is 24.1 Å². The molecule has 0 radical (unpaired) electrons. The van der Waals surface area contributed by atoms with Crippen LogP contribution in [0, 0.1) is 12.8 Å². The van der Waals surface area contributed by atoms with Gasteiger partial charge in [0.1, 0.15) is 17.3 Å². The van der Waals surface area contributed by atoms with Gasteiger partial charge in [0.05, 0.1) is 26.7 Å². The van der Waals surface area contributed by atoms with Crippen LogP contribution in [0.25, 0.3) is 0 Å². The third kappa shape index (κ3) is 5.53. The van der Waals surface area contributed by atoms with E-state index in [1.54, 1.807) is 13.0 Å². The normalized spacial score (nSPS) is 15.3. The minimum Gasteiger partial charge on any atom is -0.497 e. The Balaban J connectivity index is 1.52. The summed E-state index contributed by atoms with van der Waals surface area (Å²) in [5.41, 5.74) is 2.67. The molecule has 2 N–H and O–H groups in total. The van der Waals surface area contributed by atoms with Gasteiger partial charge in [0, 0.05) is 24.1 Å². The average molecular weight is 446 g/mol. The van der Waals surface area contributed by atoms with Gasteiger partial charge in [-0.15, -0.1) is 0 Å². The Labute approximate surface area is 182 Å². The fraction of sp³-hybridized carbons (Fsp3) is 0.350. The third-order valence-corrected chi connectivity index (χ3v) is 4.55. The van der Waals surface area contributed by atoms with Crippen molar-refractivity contribution in [2.45, 2.75) is 13.3 Å². The molecular formula is C20H22N4O8. The number of aryl methyl sites for hydroxylation is 1. The van der Waals surface area contributed by atoms with E-state index in [0.717, 1.165) is 5.01 Å². The number of hydrogen-bond donors (Lipinski definition) is 2. The molecule has 0 aliphatic carbocycles. The van der Waals surface area contributed by atoms with Crippen LogP contribution < -0.4 is 20.2 Å². The molecule has 1 aliphatic rings. The number of rotatable bonds is 8. The lowest BCUT2D eigenvalue weighted by molar-refractivity contribution is -0.151. The summed E-state index contributed by atoms with van der Waals surface area (Å²) >= 11 is 0. The van der Waals surface area contributed by atoms with Crippen LogP contribution in [-0.2, 0) is 19.1 Å². The summed E-state index contributed by atoms with van der Waals surface area (Å²) in [5.74, 6) is -1.68. The lowest BCUT2D eigenvalue weighted by Gasteiger charge is -2.18. The number of methoxy groups -OCH3 is 2. The maximum atomic E-state index is 12.6. The van der Waals surface area contributed by atoms with Gasteiger partial charge in [0.25, 0.3) is 11.8 Å². The van der Waals surface area contributed by atoms with E-state index in [-0.39, 0.29) is 24.3 Å². The van der Waals surface area contributed by atoms with Crippen molar-refractivity contribution >= 4 is 29.5 Å². The molecule has 3 rings (SSSR count). The van der Waals surface area contributed by atoms with Crippen LogP contribution in [0.3, 0.4) is 0 Å². The Hall–Kier alpha value is -4.09. The van der Waals surface area contributed by atoms with Crippen molar-refractivity contribution in [1.82, 2.24) is 15.6 Å².